The van der Waals surface area contributed by atoms with Crippen molar-refractivity contribution in [3.05, 3.63) is 89.7 Å². The van der Waals surface area contributed by atoms with Crippen LogP contribution < -0.4 is 0 Å². The molecule has 1 N–H and O–H groups in total. The highest BCUT2D eigenvalue weighted by molar-refractivity contribution is 5.82. The fraction of sp³-hybridized carbons (Fsp3) is 0.200. The lowest BCUT2D eigenvalue weighted by Gasteiger charge is -2.06. The molecule has 0 aliphatic carbocycles. The first-order valence-corrected chi connectivity index (χ1v) is 9.62. The van der Waals surface area contributed by atoms with Crippen LogP contribution in [-0.4, -0.2) is 5.11 Å². The molecule has 0 unspecified atom stereocenters. The van der Waals surface area contributed by atoms with E-state index in [0.29, 0.717) is 5.75 Å². The van der Waals surface area contributed by atoms with Crippen molar-refractivity contribution in [2.24, 2.45) is 0 Å². The van der Waals surface area contributed by atoms with Gasteiger partial charge < -0.3 is 9.52 Å². The second kappa shape index (κ2) is 7.71. The van der Waals surface area contributed by atoms with Crippen LogP contribution in [0.1, 0.15) is 36.7 Å². The first kappa shape index (κ1) is 17.4. The van der Waals surface area contributed by atoms with Crippen LogP contribution in [0.3, 0.4) is 0 Å². The number of phenols is 1. The van der Waals surface area contributed by atoms with Crippen molar-refractivity contribution in [2.75, 3.05) is 0 Å². The van der Waals surface area contributed by atoms with Crippen LogP contribution in [0.15, 0.2) is 77.2 Å². The summed E-state index contributed by atoms with van der Waals surface area (Å²) >= 11 is 0. The molecule has 0 radical (unpaired) electrons. The Bertz CT molecular complexity index is 1020. The summed E-state index contributed by atoms with van der Waals surface area (Å²) < 4.78 is 6.15. The Morgan fingerprint density at radius 2 is 1.48 bits per heavy atom. The SMILES string of the molecule is CCCCc1oc2ccccc2c1Cc1ccc(-c2ccc(O)cc2)cc1. The smallest absolute Gasteiger partial charge is 0.134 e. The summed E-state index contributed by atoms with van der Waals surface area (Å²) in [6, 6.07) is 24.3. The molecular formula is C25H24O2. The second-order valence-electron chi connectivity index (χ2n) is 7.02. The molecule has 0 spiro atoms. The molecule has 27 heavy (non-hydrogen) atoms. The van der Waals surface area contributed by atoms with Gasteiger partial charge in [0.15, 0.2) is 0 Å². The average Bonchev–Trinajstić information content (AvgIpc) is 3.05. The maximum absolute atomic E-state index is 9.46. The van der Waals surface area contributed by atoms with Crippen molar-refractivity contribution in [1.29, 1.82) is 0 Å². The first-order valence-electron chi connectivity index (χ1n) is 9.62. The fourth-order valence-corrected chi connectivity index (χ4v) is 3.56. The minimum atomic E-state index is 0.293. The maximum Gasteiger partial charge on any atom is 0.134 e. The molecule has 0 amide bonds. The van der Waals surface area contributed by atoms with Gasteiger partial charge in [-0.25, -0.2) is 0 Å². The van der Waals surface area contributed by atoms with E-state index in [1.807, 2.05) is 18.2 Å². The molecule has 0 saturated carbocycles. The summed E-state index contributed by atoms with van der Waals surface area (Å²) in [5, 5.41) is 10.7. The zero-order chi connectivity index (χ0) is 18.6. The van der Waals surface area contributed by atoms with Gasteiger partial charge in [-0.3, -0.25) is 0 Å². The van der Waals surface area contributed by atoms with E-state index in [1.54, 1.807) is 12.1 Å². The summed E-state index contributed by atoms with van der Waals surface area (Å²) in [4.78, 5) is 0. The lowest BCUT2D eigenvalue weighted by molar-refractivity contribution is 0.475. The van der Waals surface area contributed by atoms with Crippen molar-refractivity contribution >= 4 is 11.0 Å². The van der Waals surface area contributed by atoms with Crippen LogP contribution in [0.25, 0.3) is 22.1 Å². The minimum Gasteiger partial charge on any atom is -0.508 e. The van der Waals surface area contributed by atoms with Crippen molar-refractivity contribution in [1.82, 2.24) is 0 Å². The van der Waals surface area contributed by atoms with Crippen LogP contribution >= 0.6 is 0 Å². The van der Waals surface area contributed by atoms with Crippen LogP contribution in [0.2, 0.25) is 0 Å². The second-order valence-corrected chi connectivity index (χ2v) is 7.02. The largest absolute Gasteiger partial charge is 0.508 e. The highest BCUT2D eigenvalue weighted by Crippen LogP contribution is 2.30. The summed E-state index contributed by atoms with van der Waals surface area (Å²) in [6.45, 7) is 2.21. The zero-order valence-electron chi connectivity index (χ0n) is 15.6. The molecule has 0 aliphatic rings. The van der Waals surface area contributed by atoms with Crippen LogP contribution in [0, 0.1) is 0 Å². The predicted octanol–water partition coefficient (Wildman–Crippen LogP) is 6.74. The van der Waals surface area contributed by atoms with Gasteiger partial charge in [-0.15, -0.1) is 0 Å². The molecule has 1 aromatic heterocycles. The Morgan fingerprint density at radius 1 is 0.815 bits per heavy atom. The van der Waals surface area contributed by atoms with Crippen molar-refractivity contribution in [3.63, 3.8) is 0 Å². The molecule has 3 aromatic carbocycles. The third-order valence-corrected chi connectivity index (χ3v) is 5.07. The van der Waals surface area contributed by atoms with Gasteiger partial charge in [0.2, 0.25) is 0 Å². The molecule has 4 rings (SSSR count). The lowest BCUT2D eigenvalue weighted by atomic mass is 9.97. The number of phenolic OH excluding ortho intramolecular Hbond substituents is 1. The summed E-state index contributed by atoms with van der Waals surface area (Å²) in [6.07, 6.45) is 4.18. The van der Waals surface area contributed by atoms with E-state index < -0.39 is 0 Å². The van der Waals surface area contributed by atoms with E-state index in [2.05, 4.69) is 49.4 Å². The number of para-hydroxylation sites is 1. The maximum atomic E-state index is 9.46. The third-order valence-electron chi connectivity index (χ3n) is 5.07. The Kier molecular flexibility index (Phi) is 4.97. The van der Waals surface area contributed by atoms with Gasteiger partial charge in [-0.2, -0.15) is 0 Å². The van der Waals surface area contributed by atoms with E-state index in [0.717, 1.165) is 48.2 Å². The number of unbranched alkanes of at least 4 members (excludes halogenated alkanes) is 1. The third kappa shape index (κ3) is 3.75. The molecular weight excluding hydrogens is 332 g/mol. The molecule has 0 fully saturated rings. The highest BCUT2D eigenvalue weighted by atomic mass is 16.3. The molecule has 0 saturated heterocycles. The average molecular weight is 356 g/mol. The molecule has 0 aliphatic heterocycles. The summed E-state index contributed by atoms with van der Waals surface area (Å²) in [7, 11) is 0. The summed E-state index contributed by atoms with van der Waals surface area (Å²) in [5.41, 5.74) is 5.84. The van der Waals surface area contributed by atoms with E-state index in [-0.39, 0.29) is 0 Å². The van der Waals surface area contributed by atoms with E-state index >= 15 is 0 Å². The fourth-order valence-electron chi connectivity index (χ4n) is 3.56. The van der Waals surface area contributed by atoms with E-state index in [4.69, 9.17) is 4.42 Å². The Morgan fingerprint density at radius 3 is 2.19 bits per heavy atom. The number of furan rings is 1. The zero-order valence-corrected chi connectivity index (χ0v) is 15.6. The molecule has 2 heteroatoms. The Labute approximate surface area is 160 Å². The summed E-state index contributed by atoms with van der Waals surface area (Å²) in [5.74, 6) is 1.42. The highest BCUT2D eigenvalue weighted by Gasteiger charge is 2.14. The number of hydrogen-bond donors (Lipinski definition) is 1. The minimum absolute atomic E-state index is 0.293. The number of hydrogen-bond acceptors (Lipinski definition) is 2. The van der Waals surface area contributed by atoms with Gasteiger partial charge in [0.1, 0.15) is 17.1 Å². The van der Waals surface area contributed by atoms with Gasteiger partial charge in [0.25, 0.3) is 0 Å². The van der Waals surface area contributed by atoms with Crippen LogP contribution in [0.5, 0.6) is 5.75 Å². The standard InChI is InChI=1S/C25H24O2/c1-2-3-7-25-23(22-6-4-5-8-24(22)27-25)17-18-9-11-19(12-10-18)20-13-15-21(26)16-14-20/h4-6,8-16,26H,2-3,7,17H2,1H3. The Balaban J connectivity index is 1.62. The predicted molar refractivity (Wildman–Crippen MR) is 111 cm³/mol. The number of rotatable bonds is 6. The van der Waals surface area contributed by atoms with Gasteiger partial charge in [-0.05, 0) is 41.3 Å². The van der Waals surface area contributed by atoms with Crippen molar-refractivity contribution in [2.45, 2.75) is 32.6 Å². The van der Waals surface area contributed by atoms with Gasteiger partial charge >= 0.3 is 0 Å². The van der Waals surface area contributed by atoms with E-state index in [9.17, 15) is 5.11 Å². The topological polar surface area (TPSA) is 33.4 Å². The first-order chi connectivity index (χ1) is 13.2. The molecule has 0 atom stereocenters. The quantitative estimate of drug-likeness (QED) is 0.415. The van der Waals surface area contributed by atoms with Crippen LogP contribution in [-0.2, 0) is 12.8 Å². The van der Waals surface area contributed by atoms with Crippen molar-refractivity contribution < 1.29 is 9.52 Å². The molecule has 136 valence electrons. The van der Waals surface area contributed by atoms with Crippen molar-refractivity contribution in [3.8, 4) is 16.9 Å². The van der Waals surface area contributed by atoms with Gasteiger partial charge in [0, 0.05) is 23.8 Å². The number of aryl methyl sites for hydroxylation is 1. The van der Waals surface area contributed by atoms with Gasteiger partial charge in [0.05, 0.1) is 0 Å². The van der Waals surface area contributed by atoms with E-state index in [1.165, 1.54) is 16.5 Å². The molecule has 1 heterocycles. The normalized spacial score (nSPS) is 11.1. The number of aromatic hydroxyl groups is 1. The van der Waals surface area contributed by atoms with Crippen LogP contribution in [0.4, 0.5) is 0 Å². The molecule has 4 aromatic rings. The number of fused-ring (bicyclic) bond motifs is 1. The van der Waals surface area contributed by atoms with Gasteiger partial charge in [-0.1, -0.05) is 67.9 Å². The lowest BCUT2D eigenvalue weighted by Crippen LogP contribution is -1.93. The molecule has 2 nitrogen and oxygen atoms in total. The number of benzene rings is 3. The Hall–Kier alpha value is -3.00. The monoisotopic (exact) mass is 356 g/mol. The molecule has 0 bridgehead atoms.